The van der Waals surface area contributed by atoms with Crippen LogP contribution in [0.15, 0.2) is 26.0 Å². The molecule has 0 bridgehead atoms. The zero-order chi connectivity index (χ0) is 17.8. The van der Waals surface area contributed by atoms with Gasteiger partial charge in [-0.3, -0.25) is 0 Å². The first-order chi connectivity index (χ1) is 12.1. The summed E-state index contributed by atoms with van der Waals surface area (Å²) in [7, 11) is 0. The average molecular weight is 537 g/mol. The quantitative estimate of drug-likeness (QED) is 0.345. The van der Waals surface area contributed by atoms with Gasteiger partial charge in [0.15, 0.2) is 17.5 Å². The number of oxazole rings is 1. The monoisotopic (exact) mass is 536 g/mol. The van der Waals surface area contributed by atoms with Crippen LogP contribution in [0.5, 0.6) is 11.5 Å². The van der Waals surface area contributed by atoms with E-state index in [1.54, 1.807) is 0 Å². The number of hydrogen-bond donors (Lipinski definition) is 2. The maximum Gasteiger partial charge on any atom is 0.231 e. The van der Waals surface area contributed by atoms with Gasteiger partial charge in [0, 0.05) is 6.54 Å². The Kier molecular flexibility index (Phi) is 7.56. The Labute approximate surface area is 178 Å². The van der Waals surface area contributed by atoms with Crippen LogP contribution < -0.4 is 20.1 Å². The van der Waals surface area contributed by atoms with Crippen molar-refractivity contribution in [3.05, 3.63) is 39.5 Å². The van der Waals surface area contributed by atoms with E-state index in [1.165, 1.54) is 0 Å². The van der Waals surface area contributed by atoms with Crippen LogP contribution >= 0.6 is 39.9 Å². The number of nitrogens with one attached hydrogen (secondary N) is 2. The van der Waals surface area contributed by atoms with Crippen LogP contribution in [0.4, 0.5) is 0 Å². The molecule has 0 saturated heterocycles. The van der Waals surface area contributed by atoms with Gasteiger partial charge in [0.1, 0.15) is 5.76 Å². The van der Waals surface area contributed by atoms with Gasteiger partial charge >= 0.3 is 0 Å². The zero-order valence-corrected chi connectivity index (χ0v) is 18.8. The number of halogens is 2. The van der Waals surface area contributed by atoms with Crippen molar-refractivity contribution in [2.24, 2.45) is 4.99 Å². The van der Waals surface area contributed by atoms with Crippen molar-refractivity contribution in [1.29, 1.82) is 0 Å². The van der Waals surface area contributed by atoms with E-state index in [-0.39, 0.29) is 30.8 Å². The first-order valence-electron chi connectivity index (χ1n) is 8.10. The lowest BCUT2D eigenvalue weighted by molar-refractivity contribution is 0.173. The van der Waals surface area contributed by atoms with E-state index in [1.807, 2.05) is 32.9 Å². The van der Waals surface area contributed by atoms with Crippen molar-refractivity contribution in [2.75, 3.05) is 13.3 Å². The molecule has 1 aliphatic rings. The number of guanidine groups is 1. The van der Waals surface area contributed by atoms with Gasteiger partial charge in [-0.25, -0.2) is 9.98 Å². The van der Waals surface area contributed by atoms with Gasteiger partial charge in [-0.05, 0) is 54.4 Å². The Bertz CT molecular complexity index is 775. The van der Waals surface area contributed by atoms with Gasteiger partial charge in [0.25, 0.3) is 0 Å². The minimum Gasteiger partial charge on any atom is -0.454 e. The van der Waals surface area contributed by atoms with Gasteiger partial charge in [0.2, 0.25) is 12.7 Å². The van der Waals surface area contributed by atoms with Crippen molar-refractivity contribution < 1.29 is 13.9 Å². The number of hydrogen-bond acceptors (Lipinski definition) is 5. The Hall–Kier alpha value is -1.49. The van der Waals surface area contributed by atoms with Crippen molar-refractivity contribution >= 4 is 45.9 Å². The van der Waals surface area contributed by atoms with Crippen LogP contribution in [-0.4, -0.2) is 24.3 Å². The molecule has 7 nitrogen and oxygen atoms in total. The normalized spacial score (nSPS) is 12.7. The summed E-state index contributed by atoms with van der Waals surface area (Å²) in [5, 5.41) is 6.44. The molecule has 26 heavy (non-hydrogen) atoms. The second kappa shape index (κ2) is 9.45. The fraction of sp³-hybridized carbons (Fsp3) is 0.412. The van der Waals surface area contributed by atoms with Gasteiger partial charge in [0.05, 0.1) is 23.3 Å². The van der Waals surface area contributed by atoms with Crippen LogP contribution in [0.3, 0.4) is 0 Å². The summed E-state index contributed by atoms with van der Waals surface area (Å²) in [4.78, 5) is 8.97. The third kappa shape index (κ3) is 5.03. The largest absolute Gasteiger partial charge is 0.454 e. The van der Waals surface area contributed by atoms with E-state index in [0.717, 1.165) is 39.5 Å². The molecule has 2 heterocycles. The highest BCUT2D eigenvalue weighted by molar-refractivity contribution is 14.0. The smallest absolute Gasteiger partial charge is 0.231 e. The number of aryl methyl sites for hydroxylation is 2. The highest BCUT2D eigenvalue weighted by atomic mass is 127. The van der Waals surface area contributed by atoms with Crippen molar-refractivity contribution in [3.8, 4) is 11.5 Å². The van der Waals surface area contributed by atoms with Crippen molar-refractivity contribution in [3.63, 3.8) is 0 Å². The Morgan fingerprint density at radius 3 is 2.77 bits per heavy atom. The summed E-state index contributed by atoms with van der Waals surface area (Å²) >= 11 is 3.50. The molecule has 1 aliphatic heterocycles. The molecule has 1 aromatic heterocycles. The number of rotatable bonds is 5. The topological polar surface area (TPSA) is 80.9 Å². The highest BCUT2D eigenvalue weighted by Gasteiger charge is 2.17. The first kappa shape index (κ1) is 20.8. The summed E-state index contributed by atoms with van der Waals surface area (Å²) < 4.78 is 17.3. The van der Waals surface area contributed by atoms with E-state index in [0.29, 0.717) is 24.9 Å². The lowest BCUT2D eigenvalue weighted by Gasteiger charge is -2.10. The van der Waals surface area contributed by atoms with E-state index in [9.17, 15) is 0 Å². The van der Waals surface area contributed by atoms with E-state index in [4.69, 9.17) is 13.9 Å². The molecule has 0 spiro atoms. The minimum atomic E-state index is 0. The molecule has 9 heteroatoms. The fourth-order valence-electron chi connectivity index (χ4n) is 2.40. The van der Waals surface area contributed by atoms with Crippen LogP contribution in [0.2, 0.25) is 0 Å². The molecule has 142 valence electrons. The maximum atomic E-state index is 5.58. The number of benzene rings is 1. The lowest BCUT2D eigenvalue weighted by atomic mass is 10.2. The number of aliphatic imine (C=N–C) groups is 1. The summed E-state index contributed by atoms with van der Waals surface area (Å²) in [6.07, 6.45) is 0. The van der Waals surface area contributed by atoms with E-state index >= 15 is 0 Å². The number of nitrogens with zero attached hydrogens (tertiary/aromatic N) is 2. The van der Waals surface area contributed by atoms with Crippen molar-refractivity contribution in [2.45, 2.75) is 33.9 Å². The third-order valence-corrected chi connectivity index (χ3v) is 4.32. The summed E-state index contributed by atoms with van der Waals surface area (Å²) in [6, 6.07) is 3.93. The second-order valence-corrected chi connectivity index (χ2v) is 6.46. The number of fused-ring (bicyclic) bond motifs is 1. The van der Waals surface area contributed by atoms with Crippen LogP contribution in [-0.2, 0) is 13.1 Å². The minimum absolute atomic E-state index is 0. The number of ether oxygens (including phenoxy) is 2. The van der Waals surface area contributed by atoms with Gasteiger partial charge in [-0.1, -0.05) is 0 Å². The second-order valence-electron chi connectivity index (χ2n) is 5.61. The lowest BCUT2D eigenvalue weighted by Crippen LogP contribution is -2.36. The zero-order valence-electron chi connectivity index (χ0n) is 14.9. The Balaban J connectivity index is 0.00000243. The molecule has 1 aromatic carbocycles. The molecule has 0 radical (unpaired) electrons. The average Bonchev–Trinajstić information content (AvgIpc) is 3.17. The SMILES string of the molecule is CCNC(=NCc1cc(Br)c2c(c1)OCO2)NCc1nc(C)c(C)o1.I. The van der Waals surface area contributed by atoms with E-state index in [2.05, 4.69) is 36.5 Å². The summed E-state index contributed by atoms with van der Waals surface area (Å²) in [5.41, 5.74) is 1.93. The number of aromatic nitrogens is 1. The third-order valence-electron chi connectivity index (χ3n) is 3.73. The van der Waals surface area contributed by atoms with E-state index < -0.39 is 0 Å². The fourth-order valence-corrected chi connectivity index (χ4v) is 3.00. The predicted octanol–water partition coefficient (Wildman–Crippen LogP) is 3.66. The van der Waals surface area contributed by atoms with Gasteiger partial charge in [-0.2, -0.15) is 0 Å². The first-order valence-corrected chi connectivity index (χ1v) is 8.89. The molecular formula is C17H22BrIN4O3. The van der Waals surface area contributed by atoms with Crippen LogP contribution in [0, 0.1) is 13.8 Å². The molecule has 0 atom stereocenters. The molecule has 3 rings (SSSR count). The molecule has 2 N–H and O–H groups in total. The van der Waals surface area contributed by atoms with Crippen molar-refractivity contribution in [1.82, 2.24) is 15.6 Å². The molecular weight excluding hydrogens is 515 g/mol. The predicted molar refractivity (Wildman–Crippen MR) is 113 cm³/mol. The van der Waals surface area contributed by atoms with Gasteiger partial charge < -0.3 is 24.5 Å². The van der Waals surface area contributed by atoms with Crippen LogP contribution in [0.25, 0.3) is 0 Å². The molecule has 0 unspecified atom stereocenters. The Morgan fingerprint density at radius 1 is 1.27 bits per heavy atom. The molecule has 0 amide bonds. The maximum absolute atomic E-state index is 5.58. The van der Waals surface area contributed by atoms with Gasteiger partial charge in [-0.15, -0.1) is 24.0 Å². The molecule has 2 aromatic rings. The summed E-state index contributed by atoms with van der Waals surface area (Å²) in [5.74, 6) is 3.66. The molecule has 0 aliphatic carbocycles. The Morgan fingerprint density at radius 2 is 2.08 bits per heavy atom. The standard InChI is InChI=1S/C17H21BrN4O3.HI/c1-4-19-17(21-8-15-22-10(2)11(3)25-15)20-7-12-5-13(18)16-14(6-12)23-9-24-16;/h5-6H,4,7-9H2,1-3H3,(H2,19,20,21);1H. The summed E-state index contributed by atoms with van der Waals surface area (Å²) in [6.45, 7) is 7.86. The van der Waals surface area contributed by atoms with Crippen LogP contribution in [0.1, 0.15) is 29.8 Å². The highest BCUT2D eigenvalue weighted by Crippen LogP contribution is 2.40. The molecule has 0 fully saturated rings. The molecule has 0 saturated carbocycles.